The van der Waals surface area contributed by atoms with E-state index in [4.69, 9.17) is 19.5 Å². The molecule has 0 fully saturated rings. The van der Waals surface area contributed by atoms with Crippen molar-refractivity contribution in [1.82, 2.24) is 0 Å². The fourth-order valence-corrected chi connectivity index (χ4v) is 4.45. The first-order chi connectivity index (χ1) is 13.5. The van der Waals surface area contributed by atoms with Crippen LogP contribution in [-0.2, 0) is 22.3 Å². The van der Waals surface area contributed by atoms with Crippen LogP contribution >= 0.6 is 0 Å². The summed E-state index contributed by atoms with van der Waals surface area (Å²) in [7, 11) is 0. The Morgan fingerprint density at radius 3 is 2.04 bits per heavy atom. The predicted octanol–water partition coefficient (Wildman–Crippen LogP) is 5.28. The van der Waals surface area contributed by atoms with E-state index in [2.05, 4.69) is 40.7 Å². The molecule has 0 bridgehead atoms. The number of ether oxygens (including phenoxy) is 2. The molecule has 2 atom stereocenters. The average molecular weight is 385 g/mol. The third-order valence-corrected chi connectivity index (χ3v) is 5.99. The highest BCUT2D eigenvalue weighted by Crippen LogP contribution is 2.26. The average Bonchev–Trinajstić information content (AvgIpc) is 3.28. The molecule has 0 aliphatic carbocycles. The lowest BCUT2D eigenvalue weighted by Crippen LogP contribution is -2.10. The van der Waals surface area contributed by atoms with Crippen molar-refractivity contribution in [2.45, 2.75) is 91.6 Å². The van der Waals surface area contributed by atoms with Gasteiger partial charge in [0.05, 0.1) is 12.1 Å². The minimum atomic E-state index is 0.346. The van der Waals surface area contributed by atoms with Gasteiger partial charge in [-0.15, -0.1) is 0 Å². The van der Waals surface area contributed by atoms with Gasteiger partial charge < -0.3 is 9.47 Å². The summed E-state index contributed by atoms with van der Waals surface area (Å²) in [6, 6.07) is 3.02. The lowest BCUT2D eigenvalue weighted by Gasteiger charge is -2.17. The Hall–Kier alpha value is -1.84. The molecule has 0 aromatic heterocycles. The molecule has 2 unspecified atom stereocenters. The summed E-state index contributed by atoms with van der Waals surface area (Å²) in [5, 5.41) is 0. The lowest BCUT2D eigenvalue weighted by molar-refractivity contribution is 0.304. The second kappa shape index (κ2) is 9.58. The fraction of sp³-hybridized carbons (Fsp3) is 0.667. The van der Waals surface area contributed by atoms with Crippen LogP contribution in [0, 0.1) is 20.8 Å². The molecule has 1 aromatic rings. The van der Waals surface area contributed by atoms with Gasteiger partial charge in [0, 0.05) is 12.8 Å². The number of aryl methyl sites for hydroxylation is 2. The molecule has 28 heavy (non-hydrogen) atoms. The van der Waals surface area contributed by atoms with Crippen molar-refractivity contribution in [3.8, 4) is 0 Å². The van der Waals surface area contributed by atoms with Crippen LogP contribution in [0.5, 0.6) is 0 Å². The van der Waals surface area contributed by atoms with Crippen LogP contribution in [0.3, 0.4) is 0 Å². The van der Waals surface area contributed by atoms with Crippen LogP contribution in [0.4, 0.5) is 0 Å². The van der Waals surface area contributed by atoms with E-state index in [9.17, 15) is 0 Å². The van der Waals surface area contributed by atoms with Gasteiger partial charge in [-0.3, -0.25) is 0 Å². The Bertz CT molecular complexity index is 751. The summed E-state index contributed by atoms with van der Waals surface area (Å²) in [5.41, 5.74) is 6.87. The number of benzene rings is 1. The minimum absolute atomic E-state index is 0.346. The maximum Gasteiger partial charge on any atom is 0.188 e. The van der Waals surface area contributed by atoms with Gasteiger partial charge in [-0.05, 0) is 67.9 Å². The molecule has 2 aliphatic rings. The van der Waals surface area contributed by atoms with Gasteiger partial charge in [0.15, 0.2) is 11.8 Å². The van der Waals surface area contributed by atoms with Crippen LogP contribution in [0.15, 0.2) is 16.1 Å². The van der Waals surface area contributed by atoms with E-state index >= 15 is 0 Å². The number of hydrogen-bond acceptors (Lipinski definition) is 4. The number of hydrogen-bond donors (Lipinski definition) is 0. The maximum atomic E-state index is 5.89. The summed E-state index contributed by atoms with van der Waals surface area (Å²) >= 11 is 0. The summed E-state index contributed by atoms with van der Waals surface area (Å²) in [4.78, 5) is 9.55. The van der Waals surface area contributed by atoms with E-state index in [1.54, 1.807) is 0 Å². The molecular weight excluding hydrogens is 348 g/mol. The van der Waals surface area contributed by atoms with Crippen LogP contribution in [-0.4, -0.2) is 37.1 Å². The first-order valence-corrected chi connectivity index (χ1v) is 11.0. The van der Waals surface area contributed by atoms with Gasteiger partial charge in [0.25, 0.3) is 0 Å². The van der Waals surface area contributed by atoms with E-state index in [0.717, 1.165) is 70.0 Å². The Kier molecular flexibility index (Phi) is 7.14. The fourth-order valence-electron chi connectivity index (χ4n) is 4.45. The van der Waals surface area contributed by atoms with Crippen molar-refractivity contribution in [3.05, 3.63) is 33.9 Å². The van der Waals surface area contributed by atoms with E-state index in [1.165, 1.54) is 27.8 Å². The van der Waals surface area contributed by atoms with Crippen LogP contribution < -0.4 is 0 Å². The zero-order valence-electron chi connectivity index (χ0n) is 18.3. The summed E-state index contributed by atoms with van der Waals surface area (Å²) < 4.78 is 11.7. The molecule has 0 radical (unpaired) electrons. The Morgan fingerprint density at radius 1 is 0.821 bits per heavy atom. The van der Waals surface area contributed by atoms with Crippen molar-refractivity contribution in [2.75, 3.05) is 13.2 Å². The Balaban J connectivity index is 1.71. The normalized spacial score (nSPS) is 21.3. The lowest BCUT2D eigenvalue weighted by atomic mass is 9.89. The largest absolute Gasteiger partial charge is 0.479 e. The molecule has 0 saturated heterocycles. The molecule has 2 heterocycles. The van der Waals surface area contributed by atoms with Gasteiger partial charge in [-0.25, -0.2) is 9.98 Å². The molecule has 4 nitrogen and oxygen atoms in total. The molecule has 0 N–H and O–H groups in total. The number of aliphatic imine (C=N–C) groups is 2. The second-order valence-corrected chi connectivity index (χ2v) is 8.32. The molecule has 0 spiro atoms. The molecule has 154 valence electrons. The second-order valence-electron chi connectivity index (χ2n) is 8.32. The van der Waals surface area contributed by atoms with Crippen molar-refractivity contribution in [1.29, 1.82) is 0 Å². The standard InChI is InChI=1S/C24H36N2O2/c1-6-8-19-14-27-23(25-19)11-10-21-16(3)12-17(4)22(18(21)5)13-24-26-20(9-7-2)15-28-24/h12,19-20H,6-11,13-15H2,1-5H3. The van der Waals surface area contributed by atoms with Gasteiger partial charge in [-0.1, -0.05) is 32.8 Å². The van der Waals surface area contributed by atoms with Crippen molar-refractivity contribution < 1.29 is 9.47 Å². The van der Waals surface area contributed by atoms with Crippen LogP contribution in [0.2, 0.25) is 0 Å². The van der Waals surface area contributed by atoms with Crippen molar-refractivity contribution in [3.63, 3.8) is 0 Å². The molecular formula is C24H36N2O2. The molecule has 2 aliphatic heterocycles. The highest BCUT2D eigenvalue weighted by atomic mass is 16.5. The highest BCUT2D eigenvalue weighted by molar-refractivity contribution is 5.81. The topological polar surface area (TPSA) is 43.2 Å². The maximum absolute atomic E-state index is 5.89. The minimum Gasteiger partial charge on any atom is -0.479 e. The van der Waals surface area contributed by atoms with Crippen molar-refractivity contribution in [2.24, 2.45) is 9.98 Å². The zero-order valence-corrected chi connectivity index (χ0v) is 18.3. The van der Waals surface area contributed by atoms with E-state index < -0.39 is 0 Å². The smallest absolute Gasteiger partial charge is 0.188 e. The third kappa shape index (κ3) is 4.95. The SMILES string of the molecule is CCCC1COC(CCc2c(C)cc(C)c(CC3=NC(CCC)CO3)c2C)=N1. The first-order valence-electron chi connectivity index (χ1n) is 11.0. The van der Waals surface area contributed by atoms with Crippen LogP contribution in [0.25, 0.3) is 0 Å². The Morgan fingerprint density at radius 2 is 1.39 bits per heavy atom. The summed E-state index contributed by atoms with van der Waals surface area (Å²) in [6.07, 6.45) is 7.23. The highest BCUT2D eigenvalue weighted by Gasteiger charge is 2.22. The third-order valence-electron chi connectivity index (χ3n) is 5.99. The number of nitrogens with zero attached hydrogens (tertiary/aromatic N) is 2. The molecule has 0 saturated carbocycles. The van der Waals surface area contributed by atoms with E-state index in [0.29, 0.717) is 12.1 Å². The number of rotatable bonds is 9. The van der Waals surface area contributed by atoms with Gasteiger partial charge in [-0.2, -0.15) is 0 Å². The zero-order chi connectivity index (χ0) is 20.1. The quantitative estimate of drug-likeness (QED) is 0.581. The Labute approximate surface area is 170 Å². The molecule has 3 rings (SSSR count). The van der Waals surface area contributed by atoms with E-state index in [1.807, 2.05) is 0 Å². The monoisotopic (exact) mass is 384 g/mol. The summed E-state index contributed by atoms with van der Waals surface area (Å²) in [5.74, 6) is 1.84. The van der Waals surface area contributed by atoms with Crippen molar-refractivity contribution >= 4 is 11.8 Å². The first kappa shape index (κ1) is 20.9. The predicted molar refractivity (Wildman–Crippen MR) is 117 cm³/mol. The van der Waals surface area contributed by atoms with Crippen LogP contribution in [0.1, 0.15) is 73.8 Å². The molecule has 4 heteroatoms. The molecule has 1 aromatic carbocycles. The van der Waals surface area contributed by atoms with Gasteiger partial charge >= 0.3 is 0 Å². The summed E-state index contributed by atoms with van der Waals surface area (Å²) in [6.45, 7) is 12.6. The molecule has 0 amide bonds. The van der Waals surface area contributed by atoms with Gasteiger partial charge in [0.1, 0.15) is 13.2 Å². The van der Waals surface area contributed by atoms with Gasteiger partial charge in [0.2, 0.25) is 0 Å². The van der Waals surface area contributed by atoms with E-state index in [-0.39, 0.29) is 0 Å².